The summed E-state index contributed by atoms with van der Waals surface area (Å²) in [6.45, 7) is 4.74. The van der Waals surface area contributed by atoms with Gasteiger partial charge in [-0.3, -0.25) is 0 Å². The van der Waals surface area contributed by atoms with E-state index in [0.717, 1.165) is 23.4 Å². The highest BCUT2D eigenvalue weighted by Crippen LogP contribution is 2.64. The van der Waals surface area contributed by atoms with E-state index in [2.05, 4.69) is 26.0 Å². The number of anilines is 1. The highest BCUT2D eigenvalue weighted by Gasteiger charge is 2.53. The molecule has 2 N–H and O–H groups in total. The zero-order valence-corrected chi connectivity index (χ0v) is 12.9. The third-order valence-corrected chi connectivity index (χ3v) is 6.77. The van der Waals surface area contributed by atoms with Crippen LogP contribution in [0.1, 0.15) is 62.5 Å². The molecule has 4 aliphatic rings. The molecule has 4 saturated carbocycles. The van der Waals surface area contributed by atoms with Gasteiger partial charge in [-0.1, -0.05) is 13.0 Å². The second-order valence-electron chi connectivity index (χ2n) is 8.12. The molecule has 1 atom stereocenters. The smallest absolute Gasteiger partial charge is 0.0317 e. The maximum absolute atomic E-state index is 6.06. The summed E-state index contributed by atoms with van der Waals surface area (Å²) in [4.78, 5) is 0. The molecular formula is C19H27N. The standard InChI is InChI=1S/C19H27N/c1-12-3-4-17(20)8-18(12)13(2)19-9-14-5-15(10-19)7-16(6-14)11-19/h3-4,8,13-16H,5-7,9-11,20H2,1-2H3. The van der Waals surface area contributed by atoms with Crippen molar-refractivity contribution < 1.29 is 0 Å². The fourth-order valence-electron chi connectivity index (χ4n) is 6.16. The zero-order chi connectivity index (χ0) is 13.9. The van der Waals surface area contributed by atoms with E-state index >= 15 is 0 Å². The molecule has 108 valence electrons. The van der Waals surface area contributed by atoms with Crippen LogP contribution in [0.25, 0.3) is 0 Å². The predicted molar refractivity (Wildman–Crippen MR) is 84.6 cm³/mol. The van der Waals surface area contributed by atoms with E-state index < -0.39 is 0 Å². The monoisotopic (exact) mass is 269 g/mol. The van der Waals surface area contributed by atoms with Crippen molar-refractivity contribution in [1.82, 2.24) is 0 Å². The molecule has 4 bridgehead atoms. The Morgan fingerprint density at radius 3 is 2.15 bits per heavy atom. The first-order valence-electron chi connectivity index (χ1n) is 8.42. The number of hydrogen-bond donors (Lipinski definition) is 1. The molecule has 4 aliphatic carbocycles. The molecular weight excluding hydrogens is 242 g/mol. The molecule has 5 rings (SSSR count). The van der Waals surface area contributed by atoms with Crippen LogP contribution in [0.15, 0.2) is 18.2 Å². The lowest BCUT2D eigenvalue weighted by molar-refractivity contribution is -0.0656. The Balaban J connectivity index is 1.71. The molecule has 20 heavy (non-hydrogen) atoms. The highest BCUT2D eigenvalue weighted by molar-refractivity contribution is 5.46. The van der Waals surface area contributed by atoms with Crippen molar-refractivity contribution in [2.24, 2.45) is 23.2 Å². The van der Waals surface area contributed by atoms with E-state index in [0.29, 0.717) is 11.3 Å². The summed E-state index contributed by atoms with van der Waals surface area (Å²) < 4.78 is 0. The molecule has 1 aromatic carbocycles. The van der Waals surface area contributed by atoms with Gasteiger partial charge in [-0.05, 0) is 97.8 Å². The van der Waals surface area contributed by atoms with Gasteiger partial charge in [0.1, 0.15) is 0 Å². The Morgan fingerprint density at radius 2 is 1.60 bits per heavy atom. The Hall–Kier alpha value is -0.980. The van der Waals surface area contributed by atoms with Crippen molar-refractivity contribution in [3.05, 3.63) is 29.3 Å². The first kappa shape index (κ1) is 12.7. The van der Waals surface area contributed by atoms with Crippen LogP contribution in [-0.4, -0.2) is 0 Å². The Morgan fingerprint density at radius 1 is 1.05 bits per heavy atom. The Labute approximate surface area is 122 Å². The molecule has 0 aliphatic heterocycles. The number of nitrogen functional groups attached to an aromatic ring is 1. The lowest BCUT2D eigenvalue weighted by atomic mass is 9.46. The third kappa shape index (κ3) is 1.82. The quantitative estimate of drug-likeness (QED) is 0.759. The van der Waals surface area contributed by atoms with Gasteiger partial charge in [-0.15, -0.1) is 0 Å². The van der Waals surface area contributed by atoms with Gasteiger partial charge in [-0.25, -0.2) is 0 Å². The summed E-state index contributed by atoms with van der Waals surface area (Å²) in [5, 5.41) is 0. The molecule has 1 aromatic rings. The van der Waals surface area contributed by atoms with Crippen molar-refractivity contribution >= 4 is 5.69 Å². The molecule has 1 nitrogen and oxygen atoms in total. The van der Waals surface area contributed by atoms with Crippen LogP contribution in [0, 0.1) is 30.1 Å². The maximum atomic E-state index is 6.06. The van der Waals surface area contributed by atoms with E-state index in [1.165, 1.54) is 49.7 Å². The van der Waals surface area contributed by atoms with Crippen LogP contribution in [0.5, 0.6) is 0 Å². The minimum atomic E-state index is 0.591. The minimum absolute atomic E-state index is 0.591. The molecule has 0 radical (unpaired) electrons. The van der Waals surface area contributed by atoms with Gasteiger partial charge >= 0.3 is 0 Å². The van der Waals surface area contributed by atoms with Crippen LogP contribution in [0.3, 0.4) is 0 Å². The van der Waals surface area contributed by atoms with Gasteiger partial charge in [-0.2, -0.15) is 0 Å². The van der Waals surface area contributed by atoms with Crippen molar-refractivity contribution in [1.29, 1.82) is 0 Å². The molecule has 0 heterocycles. The van der Waals surface area contributed by atoms with E-state index in [1.54, 1.807) is 0 Å². The number of rotatable bonds is 2. The maximum Gasteiger partial charge on any atom is 0.0317 e. The van der Waals surface area contributed by atoms with Gasteiger partial charge in [0.2, 0.25) is 0 Å². The second kappa shape index (κ2) is 4.26. The van der Waals surface area contributed by atoms with Crippen molar-refractivity contribution in [3.8, 4) is 0 Å². The van der Waals surface area contributed by atoms with Crippen LogP contribution in [0.2, 0.25) is 0 Å². The molecule has 1 unspecified atom stereocenters. The van der Waals surface area contributed by atoms with E-state index in [4.69, 9.17) is 5.73 Å². The van der Waals surface area contributed by atoms with Gasteiger partial charge < -0.3 is 5.73 Å². The average molecular weight is 269 g/mol. The fraction of sp³-hybridized carbons (Fsp3) is 0.684. The SMILES string of the molecule is Cc1ccc(N)cc1C(C)C12CC3CC(CC(C3)C1)C2. The van der Waals surface area contributed by atoms with Crippen molar-refractivity contribution in [2.75, 3.05) is 5.73 Å². The summed E-state index contributed by atoms with van der Waals surface area (Å²) >= 11 is 0. The molecule has 0 aromatic heterocycles. The first-order chi connectivity index (χ1) is 9.56. The lowest BCUT2D eigenvalue weighted by Crippen LogP contribution is -2.48. The third-order valence-electron chi connectivity index (χ3n) is 6.77. The predicted octanol–water partition coefficient (Wildman–Crippen LogP) is 4.90. The van der Waals surface area contributed by atoms with Gasteiger partial charge in [0.15, 0.2) is 0 Å². The number of benzene rings is 1. The lowest BCUT2D eigenvalue weighted by Gasteiger charge is -2.59. The Bertz CT molecular complexity index is 495. The largest absolute Gasteiger partial charge is 0.399 e. The highest BCUT2D eigenvalue weighted by atomic mass is 14.6. The van der Waals surface area contributed by atoms with Crippen molar-refractivity contribution in [2.45, 2.75) is 58.3 Å². The molecule has 4 fully saturated rings. The topological polar surface area (TPSA) is 26.0 Å². The molecule has 1 heteroatoms. The van der Waals surface area contributed by atoms with E-state index in [9.17, 15) is 0 Å². The first-order valence-corrected chi connectivity index (χ1v) is 8.42. The Kier molecular flexibility index (Phi) is 2.71. The van der Waals surface area contributed by atoms with Crippen LogP contribution in [0.4, 0.5) is 5.69 Å². The van der Waals surface area contributed by atoms with Crippen molar-refractivity contribution in [3.63, 3.8) is 0 Å². The van der Waals surface area contributed by atoms with E-state index in [1.807, 2.05) is 6.07 Å². The minimum Gasteiger partial charge on any atom is -0.399 e. The summed E-state index contributed by atoms with van der Waals surface area (Å²) in [6, 6.07) is 6.51. The van der Waals surface area contributed by atoms with Gasteiger partial charge in [0, 0.05) is 5.69 Å². The molecule has 0 amide bonds. The molecule has 0 saturated heterocycles. The summed E-state index contributed by atoms with van der Waals surface area (Å²) in [5.74, 6) is 3.78. The van der Waals surface area contributed by atoms with Crippen LogP contribution >= 0.6 is 0 Å². The number of aryl methyl sites for hydroxylation is 1. The number of nitrogens with two attached hydrogens (primary N) is 1. The number of hydrogen-bond acceptors (Lipinski definition) is 1. The van der Waals surface area contributed by atoms with Crippen LogP contribution < -0.4 is 5.73 Å². The average Bonchev–Trinajstić information content (AvgIpc) is 2.39. The second-order valence-corrected chi connectivity index (χ2v) is 8.12. The van der Waals surface area contributed by atoms with Gasteiger partial charge in [0.25, 0.3) is 0 Å². The summed E-state index contributed by atoms with van der Waals surface area (Å²) in [7, 11) is 0. The van der Waals surface area contributed by atoms with Crippen LogP contribution in [-0.2, 0) is 0 Å². The fourth-order valence-corrected chi connectivity index (χ4v) is 6.16. The van der Waals surface area contributed by atoms with E-state index in [-0.39, 0.29) is 0 Å². The summed E-state index contributed by atoms with van der Waals surface area (Å²) in [5.41, 5.74) is 10.5. The van der Waals surface area contributed by atoms with Gasteiger partial charge in [0.05, 0.1) is 0 Å². The zero-order valence-electron chi connectivity index (χ0n) is 12.9. The normalized spacial score (nSPS) is 40.0. The molecule has 0 spiro atoms. The summed E-state index contributed by atoms with van der Waals surface area (Å²) in [6.07, 6.45) is 9.03.